The minimum Gasteiger partial charge on any atom is -0.465 e. The smallest absolute Gasteiger partial charge is 0.410 e. The van der Waals surface area contributed by atoms with Gasteiger partial charge in [0.05, 0.1) is 31.9 Å². The van der Waals surface area contributed by atoms with Crippen LogP contribution >= 0.6 is 0 Å². The second-order valence-electron chi connectivity index (χ2n) is 7.40. The van der Waals surface area contributed by atoms with Crippen LogP contribution in [0.2, 0.25) is 0 Å². The van der Waals surface area contributed by atoms with E-state index in [0.29, 0.717) is 11.1 Å². The molecule has 1 saturated heterocycles. The molecule has 33 heavy (non-hydrogen) atoms. The third-order valence-corrected chi connectivity index (χ3v) is 5.47. The zero-order valence-electron chi connectivity index (χ0n) is 18.4. The maximum Gasteiger partial charge on any atom is 0.410 e. The van der Waals surface area contributed by atoms with Crippen LogP contribution in [-0.2, 0) is 30.4 Å². The summed E-state index contributed by atoms with van der Waals surface area (Å²) in [5, 5.41) is 9.10. The molecular weight excluding hydrogens is 424 g/mol. The van der Waals surface area contributed by atoms with Gasteiger partial charge in [0, 0.05) is 6.54 Å². The van der Waals surface area contributed by atoms with Gasteiger partial charge in [0.1, 0.15) is 12.2 Å². The van der Waals surface area contributed by atoms with Crippen molar-refractivity contribution in [3.63, 3.8) is 0 Å². The Labute approximate surface area is 192 Å². The topological polar surface area (TPSA) is 106 Å². The van der Waals surface area contributed by atoms with Crippen LogP contribution in [0.5, 0.6) is 0 Å². The lowest BCUT2D eigenvalue weighted by Crippen LogP contribution is -2.40. The number of nitrogens with zero attached hydrogens (tertiary/aromatic N) is 2. The third-order valence-electron chi connectivity index (χ3n) is 5.47. The van der Waals surface area contributed by atoms with Gasteiger partial charge in [0.25, 0.3) is 0 Å². The van der Waals surface area contributed by atoms with E-state index in [-0.39, 0.29) is 31.6 Å². The van der Waals surface area contributed by atoms with E-state index >= 15 is 0 Å². The Hall–Kier alpha value is -4.12. The Morgan fingerprint density at radius 3 is 2.21 bits per heavy atom. The van der Waals surface area contributed by atoms with Crippen molar-refractivity contribution in [1.82, 2.24) is 4.90 Å². The minimum atomic E-state index is -0.782. The van der Waals surface area contributed by atoms with Gasteiger partial charge in [-0.1, -0.05) is 42.5 Å². The number of nitriles is 1. The van der Waals surface area contributed by atoms with Gasteiger partial charge >= 0.3 is 18.0 Å². The van der Waals surface area contributed by atoms with Crippen LogP contribution in [0.15, 0.2) is 65.7 Å². The number of carbonyl (C=O) groups excluding carboxylic acids is 3. The molecule has 0 bridgehead atoms. The number of hydrogen-bond donors (Lipinski definition) is 0. The summed E-state index contributed by atoms with van der Waals surface area (Å²) >= 11 is 0. The van der Waals surface area contributed by atoms with Gasteiger partial charge in [-0.3, -0.25) is 0 Å². The Morgan fingerprint density at radius 2 is 1.64 bits per heavy atom. The van der Waals surface area contributed by atoms with Gasteiger partial charge in [0.15, 0.2) is 0 Å². The van der Waals surface area contributed by atoms with Gasteiger partial charge in [-0.05, 0) is 41.7 Å². The van der Waals surface area contributed by atoms with Crippen molar-refractivity contribution in [3.8, 4) is 6.07 Å². The fraction of sp³-hybridized carbons (Fsp3) is 0.280. The molecule has 0 aliphatic carbocycles. The summed E-state index contributed by atoms with van der Waals surface area (Å²) < 4.78 is 15.1. The highest BCUT2D eigenvalue weighted by Gasteiger charge is 2.35. The number of amides is 1. The first-order valence-corrected chi connectivity index (χ1v) is 10.3. The Morgan fingerprint density at radius 1 is 1.00 bits per heavy atom. The molecular formula is C25H24N2O6. The first kappa shape index (κ1) is 23.5. The number of rotatable bonds is 5. The van der Waals surface area contributed by atoms with Crippen LogP contribution in [0, 0.1) is 11.3 Å². The van der Waals surface area contributed by atoms with E-state index < -0.39 is 24.1 Å². The zero-order chi connectivity index (χ0) is 23.8. The summed E-state index contributed by atoms with van der Waals surface area (Å²) in [6, 6.07) is 17.7. The van der Waals surface area contributed by atoms with Crippen molar-refractivity contribution in [3.05, 3.63) is 82.4 Å². The molecule has 2 aromatic carbocycles. The van der Waals surface area contributed by atoms with Crippen LogP contribution in [0.25, 0.3) is 0 Å². The standard InChI is InChI=1S/C25H24N2O6/c1-31-23(28)22(24(29)32-2)20-12-13-27(25(30)33-16-18-6-4-3-5-7-18)21(14-20)19-10-8-17(15-26)9-11-19/h3-11,21H,12-14,16H2,1-2H3. The van der Waals surface area contributed by atoms with Crippen molar-refractivity contribution < 1.29 is 28.6 Å². The monoisotopic (exact) mass is 448 g/mol. The van der Waals surface area contributed by atoms with Crippen LogP contribution in [-0.4, -0.2) is 43.7 Å². The molecule has 1 aliphatic rings. The SMILES string of the molecule is COC(=O)C(C(=O)OC)=C1CCN(C(=O)OCc2ccccc2)C(c2ccc(C#N)cc2)C1. The molecule has 170 valence electrons. The van der Waals surface area contributed by atoms with Crippen molar-refractivity contribution >= 4 is 18.0 Å². The van der Waals surface area contributed by atoms with Crippen LogP contribution in [0.4, 0.5) is 4.79 Å². The number of benzene rings is 2. The van der Waals surface area contributed by atoms with Crippen molar-refractivity contribution in [2.24, 2.45) is 0 Å². The number of esters is 2. The lowest BCUT2D eigenvalue weighted by Gasteiger charge is -2.37. The molecule has 1 amide bonds. The van der Waals surface area contributed by atoms with E-state index in [1.165, 1.54) is 14.2 Å². The number of methoxy groups -OCH3 is 2. The van der Waals surface area contributed by atoms with Crippen LogP contribution < -0.4 is 0 Å². The van der Waals surface area contributed by atoms with Gasteiger partial charge < -0.3 is 19.1 Å². The molecule has 1 aliphatic heterocycles. The predicted molar refractivity (Wildman–Crippen MR) is 118 cm³/mol. The molecule has 8 heteroatoms. The van der Waals surface area contributed by atoms with E-state index in [2.05, 4.69) is 6.07 Å². The first-order chi connectivity index (χ1) is 16.0. The Bertz CT molecular complexity index is 1070. The number of piperidine rings is 1. The molecule has 3 rings (SSSR count). The van der Waals surface area contributed by atoms with E-state index in [9.17, 15) is 14.4 Å². The number of hydrogen-bond acceptors (Lipinski definition) is 7. The van der Waals surface area contributed by atoms with E-state index in [1.54, 1.807) is 29.2 Å². The predicted octanol–water partition coefficient (Wildman–Crippen LogP) is 3.67. The highest BCUT2D eigenvalue weighted by molar-refractivity contribution is 6.14. The highest BCUT2D eigenvalue weighted by Crippen LogP contribution is 2.36. The molecule has 8 nitrogen and oxygen atoms in total. The highest BCUT2D eigenvalue weighted by atomic mass is 16.6. The number of ether oxygens (including phenoxy) is 3. The number of likely N-dealkylation sites (tertiary alicyclic amines) is 1. The maximum atomic E-state index is 13.0. The summed E-state index contributed by atoms with van der Waals surface area (Å²) in [6.45, 7) is 0.347. The molecule has 1 atom stereocenters. The van der Waals surface area contributed by atoms with E-state index in [4.69, 9.17) is 19.5 Å². The van der Waals surface area contributed by atoms with E-state index in [0.717, 1.165) is 11.1 Å². The molecule has 2 aromatic rings. The largest absolute Gasteiger partial charge is 0.465 e. The van der Waals surface area contributed by atoms with E-state index in [1.807, 2.05) is 30.3 Å². The molecule has 0 spiro atoms. The lowest BCUT2D eigenvalue weighted by molar-refractivity contribution is -0.144. The summed E-state index contributed by atoms with van der Waals surface area (Å²) in [6.07, 6.45) is -0.0107. The molecule has 0 radical (unpaired) electrons. The molecule has 1 fully saturated rings. The van der Waals surface area contributed by atoms with Crippen molar-refractivity contribution in [2.45, 2.75) is 25.5 Å². The summed E-state index contributed by atoms with van der Waals surface area (Å²) in [5.41, 5.74) is 2.47. The molecule has 0 saturated carbocycles. The van der Waals surface area contributed by atoms with Gasteiger partial charge in [0.2, 0.25) is 0 Å². The normalized spacial score (nSPS) is 15.2. The fourth-order valence-corrected chi connectivity index (χ4v) is 3.76. The minimum absolute atomic E-state index is 0.120. The lowest BCUT2D eigenvalue weighted by atomic mass is 9.88. The number of carbonyl (C=O) groups is 3. The fourth-order valence-electron chi connectivity index (χ4n) is 3.76. The van der Waals surface area contributed by atoms with Gasteiger partial charge in [-0.2, -0.15) is 5.26 Å². The van der Waals surface area contributed by atoms with Crippen LogP contribution in [0.3, 0.4) is 0 Å². The average Bonchev–Trinajstić information content (AvgIpc) is 2.87. The molecule has 0 aromatic heterocycles. The zero-order valence-corrected chi connectivity index (χ0v) is 18.4. The van der Waals surface area contributed by atoms with Crippen molar-refractivity contribution in [2.75, 3.05) is 20.8 Å². The van der Waals surface area contributed by atoms with Gasteiger partial charge in [-0.25, -0.2) is 14.4 Å². The Kier molecular flexibility index (Phi) is 7.82. The summed E-state index contributed by atoms with van der Waals surface area (Å²) in [5.74, 6) is -1.56. The molecule has 1 unspecified atom stereocenters. The second kappa shape index (κ2) is 11.0. The van der Waals surface area contributed by atoms with Gasteiger partial charge in [-0.15, -0.1) is 0 Å². The van der Waals surface area contributed by atoms with Crippen molar-refractivity contribution in [1.29, 1.82) is 5.26 Å². The summed E-state index contributed by atoms with van der Waals surface area (Å²) in [7, 11) is 2.39. The molecule has 0 N–H and O–H groups in total. The Balaban J connectivity index is 1.92. The van der Waals surface area contributed by atoms with Crippen LogP contribution in [0.1, 0.15) is 35.6 Å². The third kappa shape index (κ3) is 5.57. The quantitative estimate of drug-likeness (QED) is 0.226. The first-order valence-electron chi connectivity index (χ1n) is 10.3. The molecule has 1 heterocycles. The second-order valence-corrected chi connectivity index (χ2v) is 7.40. The summed E-state index contributed by atoms with van der Waals surface area (Å²) in [4.78, 5) is 39.1. The average molecular weight is 448 g/mol. The maximum absolute atomic E-state index is 13.0.